The maximum atomic E-state index is 13.1. The Balaban J connectivity index is 1.60. The average Bonchev–Trinajstić information content (AvgIpc) is 2.59. The van der Waals surface area contributed by atoms with E-state index in [1.54, 1.807) is 12.1 Å². The summed E-state index contributed by atoms with van der Waals surface area (Å²) in [6, 6.07) is 5.27. The van der Waals surface area contributed by atoms with Gasteiger partial charge in [-0.15, -0.1) is 0 Å². The van der Waals surface area contributed by atoms with Gasteiger partial charge in [0.15, 0.2) is 0 Å². The topological polar surface area (TPSA) is 49.8 Å². The van der Waals surface area contributed by atoms with Crippen molar-refractivity contribution in [3.05, 3.63) is 23.2 Å². The zero-order chi connectivity index (χ0) is 18.7. The maximum Gasteiger partial charge on any atom is 0.303 e. The predicted octanol–water partition coefficient (Wildman–Crippen LogP) is 5.29. The third-order valence-electron chi connectivity index (χ3n) is 6.01. The van der Waals surface area contributed by atoms with E-state index in [0.29, 0.717) is 28.5 Å². The molecule has 26 heavy (non-hydrogen) atoms. The molecule has 0 radical (unpaired) electrons. The maximum absolute atomic E-state index is 13.1. The smallest absolute Gasteiger partial charge is 0.303 e. The molecule has 6 heteroatoms. The summed E-state index contributed by atoms with van der Waals surface area (Å²) in [6.45, 7) is 3.19. The van der Waals surface area contributed by atoms with Gasteiger partial charge in [-0.1, -0.05) is 11.6 Å². The Morgan fingerprint density at radius 2 is 2.00 bits per heavy atom. The molecule has 1 heterocycles. The number of ether oxygens (including phenoxy) is 1. The molecule has 1 saturated carbocycles. The molecule has 2 fully saturated rings. The molecule has 1 spiro atoms. The lowest BCUT2D eigenvalue weighted by molar-refractivity contribution is -0.138. The SMILES string of the molecule is CC(F)Oc1ccc(Cl)c(N2CCC3(CCC(CC(=O)O)CC3)CC2)c1. The van der Waals surface area contributed by atoms with Crippen LogP contribution in [0.3, 0.4) is 0 Å². The Kier molecular flexibility index (Phi) is 5.96. The Morgan fingerprint density at radius 3 is 2.58 bits per heavy atom. The number of anilines is 1. The molecule has 4 nitrogen and oxygen atoms in total. The number of carbonyl (C=O) groups is 1. The number of nitrogens with zero attached hydrogens (tertiary/aromatic N) is 1. The van der Waals surface area contributed by atoms with E-state index in [0.717, 1.165) is 57.3 Å². The van der Waals surface area contributed by atoms with Crippen molar-refractivity contribution in [3.63, 3.8) is 0 Å². The molecule has 0 amide bonds. The highest BCUT2D eigenvalue weighted by Gasteiger charge is 2.38. The number of alkyl halides is 1. The van der Waals surface area contributed by atoms with Crippen LogP contribution in [0.2, 0.25) is 5.02 Å². The van der Waals surface area contributed by atoms with Gasteiger partial charge >= 0.3 is 5.97 Å². The molecule has 1 aromatic carbocycles. The van der Waals surface area contributed by atoms with Gasteiger partial charge in [-0.3, -0.25) is 4.79 Å². The summed E-state index contributed by atoms with van der Waals surface area (Å²) in [5.74, 6) is 0.149. The minimum absolute atomic E-state index is 0.303. The van der Waals surface area contributed by atoms with Gasteiger partial charge in [-0.25, -0.2) is 4.39 Å². The van der Waals surface area contributed by atoms with Crippen LogP contribution >= 0.6 is 11.6 Å². The number of rotatable bonds is 5. The van der Waals surface area contributed by atoms with Crippen molar-refractivity contribution in [2.45, 2.75) is 58.2 Å². The molecule has 1 N–H and O–H groups in total. The highest BCUT2D eigenvalue weighted by molar-refractivity contribution is 6.33. The summed E-state index contributed by atoms with van der Waals surface area (Å²) in [6.07, 6.45) is 5.41. The Labute approximate surface area is 159 Å². The highest BCUT2D eigenvalue weighted by Crippen LogP contribution is 2.48. The van der Waals surface area contributed by atoms with Gasteiger partial charge < -0.3 is 14.7 Å². The highest BCUT2D eigenvalue weighted by atomic mass is 35.5. The van der Waals surface area contributed by atoms with E-state index in [4.69, 9.17) is 21.4 Å². The number of hydrogen-bond acceptors (Lipinski definition) is 3. The van der Waals surface area contributed by atoms with Crippen molar-refractivity contribution in [3.8, 4) is 5.75 Å². The van der Waals surface area contributed by atoms with Crippen LogP contribution in [0.1, 0.15) is 51.9 Å². The van der Waals surface area contributed by atoms with E-state index in [2.05, 4.69) is 4.90 Å². The fraction of sp³-hybridized carbons (Fsp3) is 0.650. The first-order valence-corrected chi connectivity index (χ1v) is 9.82. The van der Waals surface area contributed by atoms with Crippen molar-refractivity contribution in [1.29, 1.82) is 0 Å². The van der Waals surface area contributed by atoms with Crippen molar-refractivity contribution in [2.24, 2.45) is 11.3 Å². The lowest BCUT2D eigenvalue weighted by atomic mass is 9.65. The number of aliphatic carboxylic acids is 1. The second kappa shape index (κ2) is 8.03. The Hall–Kier alpha value is -1.49. The first-order valence-electron chi connectivity index (χ1n) is 9.44. The number of halogens is 2. The van der Waals surface area contributed by atoms with Crippen LogP contribution in [0.4, 0.5) is 10.1 Å². The summed E-state index contributed by atoms with van der Waals surface area (Å²) in [5.41, 5.74) is 1.25. The van der Waals surface area contributed by atoms with Gasteiger partial charge in [0.05, 0.1) is 10.7 Å². The molecule has 1 aliphatic carbocycles. The standard InChI is InChI=1S/C20H27ClFNO3/c1-14(22)26-16-2-3-17(21)18(13-16)23-10-8-20(9-11-23)6-4-15(5-7-20)12-19(24)25/h2-3,13-15H,4-12H2,1H3,(H,24,25). The van der Waals surface area contributed by atoms with Gasteiger partial charge in [0.2, 0.25) is 6.36 Å². The Morgan fingerprint density at radius 1 is 1.35 bits per heavy atom. The van der Waals surface area contributed by atoms with E-state index >= 15 is 0 Å². The Bertz CT molecular complexity index is 634. The largest absolute Gasteiger partial charge is 0.481 e. The summed E-state index contributed by atoms with van der Waals surface area (Å²) in [7, 11) is 0. The molecule has 0 bridgehead atoms. The monoisotopic (exact) mass is 383 g/mol. The zero-order valence-corrected chi connectivity index (χ0v) is 16.0. The van der Waals surface area contributed by atoms with Gasteiger partial charge in [0.25, 0.3) is 0 Å². The van der Waals surface area contributed by atoms with Crippen LogP contribution in [0.15, 0.2) is 18.2 Å². The second-order valence-corrected chi connectivity index (χ2v) is 8.21. The molecule has 2 aliphatic rings. The average molecular weight is 384 g/mol. The molecule has 1 saturated heterocycles. The van der Waals surface area contributed by atoms with Crippen LogP contribution in [-0.4, -0.2) is 30.5 Å². The summed E-state index contributed by atoms with van der Waals surface area (Å²) in [4.78, 5) is 13.2. The van der Waals surface area contributed by atoms with Crippen molar-refractivity contribution < 1.29 is 19.0 Å². The van der Waals surface area contributed by atoms with Crippen LogP contribution in [-0.2, 0) is 4.79 Å². The van der Waals surface area contributed by atoms with Crippen LogP contribution in [0.25, 0.3) is 0 Å². The fourth-order valence-corrected chi connectivity index (χ4v) is 4.70. The predicted molar refractivity (Wildman–Crippen MR) is 101 cm³/mol. The summed E-state index contributed by atoms with van der Waals surface area (Å²) >= 11 is 6.36. The van der Waals surface area contributed by atoms with Crippen molar-refractivity contribution in [2.75, 3.05) is 18.0 Å². The molecule has 3 rings (SSSR count). The molecule has 1 unspecified atom stereocenters. The van der Waals surface area contributed by atoms with Crippen LogP contribution in [0.5, 0.6) is 5.75 Å². The van der Waals surface area contributed by atoms with Gasteiger partial charge in [0.1, 0.15) is 5.75 Å². The van der Waals surface area contributed by atoms with Crippen molar-refractivity contribution in [1.82, 2.24) is 0 Å². The number of hydrogen-bond donors (Lipinski definition) is 1. The normalized spacial score (nSPS) is 21.6. The second-order valence-electron chi connectivity index (χ2n) is 7.80. The van der Waals surface area contributed by atoms with E-state index in [1.165, 1.54) is 6.92 Å². The number of piperidine rings is 1. The fourth-order valence-electron chi connectivity index (χ4n) is 4.46. The molecular formula is C20H27ClFNO3. The lowest BCUT2D eigenvalue weighted by Crippen LogP contribution is -2.42. The molecule has 0 aromatic heterocycles. The molecule has 144 valence electrons. The summed E-state index contributed by atoms with van der Waals surface area (Å²) < 4.78 is 18.3. The molecular weight excluding hydrogens is 357 g/mol. The van der Waals surface area contributed by atoms with Crippen LogP contribution in [0, 0.1) is 11.3 Å². The number of carboxylic acid groups (broad SMARTS) is 1. The quantitative estimate of drug-likeness (QED) is 0.750. The van der Waals surface area contributed by atoms with Gasteiger partial charge in [-0.05, 0) is 62.0 Å². The van der Waals surface area contributed by atoms with E-state index in [-0.39, 0.29) is 0 Å². The van der Waals surface area contributed by atoms with E-state index < -0.39 is 12.3 Å². The minimum atomic E-state index is -1.35. The van der Waals surface area contributed by atoms with Gasteiger partial charge in [0, 0.05) is 32.5 Å². The first kappa shape index (κ1) is 19.3. The summed E-state index contributed by atoms with van der Waals surface area (Å²) in [5, 5.41) is 9.64. The third kappa shape index (κ3) is 4.61. The minimum Gasteiger partial charge on any atom is -0.481 e. The number of benzene rings is 1. The zero-order valence-electron chi connectivity index (χ0n) is 15.2. The van der Waals surface area contributed by atoms with Crippen molar-refractivity contribution >= 4 is 23.3 Å². The lowest BCUT2D eigenvalue weighted by Gasteiger charge is -2.46. The van der Waals surface area contributed by atoms with Gasteiger partial charge in [-0.2, -0.15) is 0 Å². The molecule has 1 aliphatic heterocycles. The third-order valence-corrected chi connectivity index (χ3v) is 6.33. The molecule has 1 aromatic rings. The first-order chi connectivity index (χ1) is 12.4. The number of carboxylic acids is 1. The molecule has 1 atom stereocenters. The van der Waals surface area contributed by atoms with E-state index in [1.807, 2.05) is 6.07 Å². The van der Waals surface area contributed by atoms with Crippen LogP contribution < -0.4 is 9.64 Å². The van der Waals surface area contributed by atoms with E-state index in [9.17, 15) is 9.18 Å².